The Labute approximate surface area is 82.6 Å². The van der Waals surface area contributed by atoms with E-state index in [0.29, 0.717) is 6.42 Å². The molecule has 0 aromatic heterocycles. The average Bonchev–Trinajstić information content (AvgIpc) is 2.01. The van der Waals surface area contributed by atoms with Crippen molar-refractivity contribution in [2.45, 2.75) is 38.4 Å². The summed E-state index contributed by atoms with van der Waals surface area (Å²) in [5.41, 5.74) is 0. The van der Waals surface area contributed by atoms with Gasteiger partial charge in [0.2, 0.25) is 0 Å². The number of carbonyl (C=O) groups is 2. The number of esters is 1. The van der Waals surface area contributed by atoms with Crippen molar-refractivity contribution in [1.29, 1.82) is 0 Å². The molecule has 0 saturated heterocycles. The van der Waals surface area contributed by atoms with E-state index in [4.69, 9.17) is 4.74 Å². The van der Waals surface area contributed by atoms with Crippen molar-refractivity contribution in [2.75, 3.05) is 0 Å². The quantitative estimate of drug-likeness (QED) is 0.351. The van der Waals surface area contributed by atoms with Gasteiger partial charge in [0.15, 0.2) is 0 Å². The first-order valence-electron chi connectivity index (χ1n) is 4.64. The second kappa shape index (κ2) is 4.91. The van der Waals surface area contributed by atoms with Gasteiger partial charge in [0.25, 0.3) is 0 Å². The molecule has 0 unspecified atom stereocenters. The van der Waals surface area contributed by atoms with Crippen molar-refractivity contribution in [3.63, 3.8) is 0 Å². The monoisotopic (exact) mass is 198 g/mol. The number of ketones is 1. The van der Waals surface area contributed by atoms with Crippen LogP contribution in [0.1, 0.15) is 26.2 Å². The normalized spacial score (nSPS) is 32.1. The molecule has 4 heteroatoms. The topological polar surface area (TPSA) is 63.6 Å². The van der Waals surface area contributed by atoms with Gasteiger partial charge in [0.1, 0.15) is 18.3 Å². The van der Waals surface area contributed by atoms with Crippen LogP contribution >= 0.6 is 0 Å². The molecule has 2 atom stereocenters. The highest BCUT2D eigenvalue weighted by Crippen LogP contribution is 2.07. The molecule has 0 aromatic carbocycles. The number of carbonyl (C=O) groups excluding carboxylic acids is 2. The third-order valence-electron chi connectivity index (χ3n) is 1.94. The smallest absolute Gasteiger partial charge is 0.313 e. The number of ether oxygens (including phenoxy) is 1. The zero-order valence-electron chi connectivity index (χ0n) is 8.10. The van der Waals surface area contributed by atoms with E-state index >= 15 is 0 Å². The standard InChI is InChI=1S/C10H14O4/c1-7-3-2-4-8(11)5-9(12)6-10(13)14-7/h2,4,7-8,11H,3,5-6H2,1H3/b4-2-/t7-,8+/m1/s1. The number of aliphatic hydroxyl groups excluding tert-OH is 1. The molecular weight excluding hydrogens is 184 g/mol. The third kappa shape index (κ3) is 3.70. The molecule has 1 aliphatic heterocycles. The highest BCUT2D eigenvalue weighted by Gasteiger charge is 2.17. The second-order valence-corrected chi connectivity index (χ2v) is 3.45. The number of hydrogen-bond donors (Lipinski definition) is 1. The average molecular weight is 198 g/mol. The predicted molar refractivity (Wildman–Crippen MR) is 49.6 cm³/mol. The molecule has 0 fully saturated rings. The second-order valence-electron chi connectivity index (χ2n) is 3.45. The molecule has 1 rings (SSSR count). The maximum atomic E-state index is 11.1. The molecule has 1 aliphatic rings. The Hall–Kier alpha value is -1.16. The number of aliphatic hydroxyl groups is 1. The Morgan fingerprint density at radius 1 is 1.50 bits per heavy atom. The molecule has 4 nitrogen and oxygen atoms in total. The maximum Gasteiger partial charge on any atom is 0.313 e. The fraction of sp³-hybridized carbons (Fsp3) is 0.600. The first-order chi connectivity index (χ1) is 6.58. The van der Waals surface area contributed by atoms with E-state index < -0.39 is 12.1 Å². The molecule has 78 valence electrons. The summed E-state index contributed by atoms with van der Waals surface area (Å²) in [6.45, 7) is 1.75. The van der Waals surface area contributed by atoms with E-state index in [1.54, 1.807) is 19.1 Å². The number of Topliss-reactive ketones (excluding diaryl/α,β-unsaturated/α-hetero) is 1. The Balaban J connectivity index is 2.65. The van der Waals surface area contributed by atoms with Crippen molar-refractivity contribution in [3.05, 3.63) is 12.2 Å². The van der Waals surface area contributed by atoms with Crippen LogP contribution in [0.2, 0.25) is 0 Å². The molecule has 1 N–H and O–H groups in total. The molecule has 0 spiro atoms. The third-order valence-corrected chi connectivity index (χ3v) is 1.94. The maximum absolute atomic E-state index is 11.1. The molecule has 0 aliphatic carbocycles. The Morgan fingerprint density at radius 2 is 2.21 bits per heavy atom. The minimum atomic E-state index is -0.777. The lowest BCUT2D eigenvalue weighted by Gasteiger charge is -2.13. The summed E-state index contributed by atoms with van der Waals surface area (Å²) in [4.78, 5) is 22.2. The van der Waals surface area contributed by atoms with Gasteiger partial charge in [-0.3, -0.25) is 9.59 Å². The summed E-state index contributed by atoms with van der Waals surface area (Å²) in [6, 6.07) is 0. The van der Waals surface area contributed by atoms with Gasteiger partial charge in [-0.2, -0.15) is 0 Å². The van der Waals surface area contributed by atoms with Crippen LogP contribution in [0.3, 0.4) is 0 Å². The lowest BCUT2D eigenvalue weighted by Crippen LogP contribution is -2.21. The Morgan fingerprint density at radius 3 is 2.93 bits per heavy atom. The first-order valence-corrected chi connectivity index (χ1v) is 4.64. The lowest BCUT2D eigenvalue weighted by atomic mass is 10.1. The highest BCUT2D eigenvalue weighted by atomic mass is 16.5. The summed E-state index contributed by atoms with van der Waals surface area (Å²) >= 11 is 0. The molecule has 0 radical (unpaired) electrons. The molecule has 0 aromatic rings. The van der Waals surface area contributed by atoms with Crippen LogP contribution in [0, 0.1) is 0 Å². The van der Waals surface area contributed by atoms with Crippen LogP contribution in [0.5, 0.6) is 0 Å². The molecular formula is C10H14O4. The highest BCUT2D eigenvalue weighted by molar-refractivity contribution is 5.95. The zero-order chi connectivity index (χ0) is 10.6. The number of hydrogen-bond acceptors (Lipinski definition) is 4. The lowest BCUT2D eigenvalue weighted by molar-refractivity contribution is -0.150. The van der Waals surface area contributed by atoms with Gasteiger partial charge in [0.05, 0.1) is 6.10 Å². The SMILES string of the molecule is C[C@@H]1C/C=C\[C@H](O)CC(=O)CC(=O)O1. The molecule has 0 bridgehead atoms. The van der Waals surface area contributed by atoms with Gasteiger partial charge in [-0.25, -0.2) is 0 Å². The van der Waals surface area contributed by atoms with Gasteiger partial charge in [-0.15, -0.1) is 0 Å². The van der Waals surface area contributed by atoms with Crippen molar-refractivity contribution in [2.24, 2.45) is 0 Å². The summed E-state index contributed by atoms with van der Waals surface area (Å²) in [7, 11) is 0. The molecule has 0 saturated carbocycles. The van der Waals surface area contributed by atoms with E-state index in [-0.39, 0.29) is 24.7 Å². The van der Waals surface area contributed by atoms with Crippen LogP contribution in [0.4, 0.5) is 0 Å². The first kappa shape index (κ1) is 10.9. The molecule has 14 heavy (non-hydrogen) atoms. The summed E-state index contributed by atoms with van der Waals surface area (Å²) in [5, 5.41) is 9.31. The van der Waals surface area contributed by atoms with E-state index in [0.717, 1.165) is 0 Å². The van der Waals surface area contributed by atoms with Gasteiger partial charge in [-0.1, -0.05) is 12.2 Å². The van der Waals surface area contributed by atoms with E-state index in [2.05, 4.69) is 0 Å². The van der Waals surface area contributed by atoms with E-state index in [1.807, 2.05) is 0 Å². The van der Waals surface area contributed by atoms with Gasteiger partial charge in [0, 0.05) is 12.8 Å². The minimum absolute atomic E-state index is 0.0139. The summed E-state index contributed by atoms with van der Waals surface area (Å²) in [5.74, 6) is -0.800. The largest absolute Gasteiger partial charge is 0.462 e. The van der Waals surface area contributed by atoms with Crippen molar-refractivity contribution < 1.29 is 19.4 Å². The van der Waals surface area contributed by atoms with Crippen LogP contribution in [-0.4, -0.2) is 29.1 Å². The molecule has 1 heterocycles. The van der Waals surface area contributed by atoms with Crippen LogP contribution < -0.4 is 0 Å². The fourth-order valence-corrected chi connectivity index (χ4v) is 1.28. The van der Waals surface area contributed by atoms with Gasteiger partial charge < -0.3 is 9.84 Å². The zero-order valence-corrected chi connectivity index (χ0v) is 8.10. The number of rotatable bonds is 0. The van der Waals surface area contributed by atoms with Gasteiger partial charge in [-0.05, 0) is 6.92 Å². The minimum Gasteiger partial charge on any atom is -0.462 e. The molecule has 0 amide bonds. The Bertz CT molecular complexity index is 257. The van der Waals surface area contributed by atoms with Crippen molar-refractivity contribution >= 4 is 11.8 Å². The fourth-order valence-electron chi connectivity index (χ4n) is 1.28. The summed E-state index contributed by atoms with van der Waals surface area (Å²) in [6.07, 6.45) is 2.58. The van der Waals surface area contributed by atoms with Crippen LogP contribution in [0.15, 0.2) is 12.2 Å². The predicted octanol–water partition coefficient (Wildman–Crippen LogP) is 0.588. The van der Waals surface area contributed by atoms with Crippen LogP contribution in [-0.2, 0) is 14.3 Å². The van der Waals surface area contributed by atoms with E-state index in [9.17, 15) is 14.7 Å². The summed E-state index contributed by atoms with van der Waals surface area (Å²) < 4.78 is 4.94. The van der Waals surface area contributed by atoms with Crippen molar-refractivity contribution in [3.8, 4) is 0 Å². The van der Waals surface area contributed by atoms with Crippen LogP contribution in [0.25, 0.3) is 0 Å². The Kier molecular flexibility index (Phi) is 3.83. The van der Waals surface area contributed by atoms with Crippen molar-refractivity contribution in [1.82, 2.24) is 0 Å². The number of cyclic esters (lactones) is 1. The van der Waals surface area contributed by atoms with E-state index in [1.165, 1.54) is 0 Å². The van der Waals surface area contributed by atoms with Gasteiger partial charge >= 0.3 is 5.97 Å².